The first kappa shape index (κ1) is 30.9. The monoisotopic (exact) mass is 618 g/mol. The molecule has 1 aromatic heterocycles. The number of anilines is 3. The number of urea groups is 1. The van der Waals surface area contributed by atoms with E-state index >= 15 is 0 Å². The van der Waals surface area contributed by atoms with Crippen molar-refractivity contribution in [2.24, 2.45) is 11.1 Å². The van der Waals surface area contributed by atoms with Crippen LogP contribution < -0.4 is 16.0 Å². The van der Waals surface area contributed by atoms with E-state index in [1.807, 2.05) is 49.8 Å². The number of carbonyl (C=O) groups excluding carboxylic acids is 3. The molecule has 1 saturated carbocycles. The van der Waals surface area contributed by atoms with Crippen molar-refractivity contribution in [3.8, 4) is 0 Å². The third kappa shape index (κ3) is 6.64. The fourth-order valence-electron chi connectivity index (χ4n) is 7.30. The van der Waals surface area contributed by atoms with Crippen LogP contribution in [0.25, 0.3) is 0 Å². The van der Waals surface area contributed by atoms with Crippen molar-refractivity contribution in [1.29, 1.82) is 0 Å². The molecular formula is C33H46N8O4. The number of primary amides is 1. The van der Waals surface area contributed by atoms with Crippen molar-refractivity contribution in [1.82, 2.24) is 24.7 Å². The van der Waals surface area contributed by atoms with E-state index in [9.17, 15) is 14.4 Å². The van der Waals surface area contributed by atoms with Gasteiger partial charge < -0.3 is 35.4 Å². The summed E-state index contributed by atoms with van der Waals surface area (Å²) in [6.07, 6.45) is 7.65. The number of carbonyl (C=O) groups is 3. The van der Waals surface area contributed by atoms with Crippen molar-refractivity contribution in [3.63, 3.8) is 0 Å². The van der Waals surface area contributed by atoms with Gasteiger partial charge in [-0.1, -0.05) is 12.1 Å². The SMILES string of the molecule is CN1CCN([C@@H]2CCCN(c3cnc(C(N)=O)c(Nc4ccc(C5CCC6(CC5)CN(C(=O)OC(C)(C)C)C6)cc4)n3)C2)C1=O. The number of likely N-dealkylation sites (N-methyl/N-ethyl adjacent to an activating group) is 1. The van der Waals surface area contributed by atoms with Crippen LogP contribution in [0, 0.1) is 5.41 Å². The number of ether oxygens (including phenoxy) is 1. The Hall–Kier alpha value is -4.09. The predicted molar refractivity (Wildman–Crippen MR) is 172 cm³/mol. The molecule has 0 unspecified atom stereocenters. The highest BCUT2D eigenvalue weighted by Crippen LogP contribution is 2.48. The smallest absolute Gasteiger partial charge is 0.410 e. The highest BCUT2D eigenvalue weighted by molar-refractivity contribution is 5.96. The second-order valence-electron chi connectivity index (χ2n) is 14.3. The number of aromatic nitrogens is 2. The lowest BCUT2D eigenvalue weighted by atomic mass is 9.65. The minimum atomic E-state index is -0.646. The Bertz CT molecular complexity index is 1430. The van der Waals surface area contributed by atoms with E-state index in [2.05, 4.69) is 27.3 Å². The van der Waals surface area contributed by atoms with Gasteiger partial charge in [0.25, 0.3) is 5.91 Å². The molecule has 0 bridgehead atoms. The second-order valence-corrected chi connectivity index (χ2v) is 14.3. The largest absolute Gasteiger partial charge is 0.444 e. The summed E-state index contributed by atoms with van der Waals surface area (Å²) in [7, 11) is 1.84. The number of amides is 4. The highest BCUT2D eigenvalue weighted by atomic mass is 16.6. The van der Waals surface area contributed by atoms with E-state index in [1.54, 1.807) is 11.1 Å². The zero-order valence-electron chi connectivity index (χ0n) is 26.9. The summed E-state index contributed by atoms with van der Waals surface area (Å²) in [4.78, 5) is 54.1. The van der Waals surface area contributed by atoms with Crippen LogP contribution in [-0.4, -0.2) is 101 Å². The van der Waals surface area contributed by atoms with Crippen LogP contribution >= 0.6 is 0 Å². The number of nitrogens with two attached hydrogens (primary N) is 1. The highest BCUT2D eigenvalue weighted by Gasteiger charge is 2.48. The fourth-order valence-corrected chi connectivity index (χ4v) is 7.30. The first-order valence-electron chi connectivity index (χ1n) is 16.2. The lowest BCUT2D eigenvalue weighted by molar-refractivity contribution is -0.0506. The zero-order valence-corrected chi connectivity index (χ0v) is 26.9. The quantitative estimate of drug-likeness (QED) is 0.481. The summed E-state index contributed by atoms with van der Waals surface area (Å²) in [5.74, 6) is 0.804. The summed E-state index contributed by atoms with van der Waals surface area (Å²) >= 11 is 0. The molecule has 2 aromatic rings. The Morgan fingerprint density at radius 2 is 1.76 bits per heavy atom. The van der Waals surface area contributed by atoms with Gasteiger partial charge in [0, 0.05) is 57.4 Å². The van der Waals surface area contributed by atoms with Crippen LogP contribution in [0.4, 0.5) is 26.9 Å². The number of nitrogens with zero attached hydrogens (tertiary/aromatic N) is 6. The van der Waals surface area contributed by atoms with Crippen LogP contribution in [0.2, 0.25) is 0 Å². The Balaban J connectivity index is 1.07. The molecule has 6 rings (SSSR count). The normalized spacial score (nSPS) is 22.0. The van der Waals surface area contributed by atoms with Gasteiger partial charge in [-0.05, 0) is 82.9 Å². The van der Waals surface area contributed by atoms with E-state index in [0.29, 0.717) is 24.1 Å². The van der Waals surface area contributed by atoms with Gasteiger partial charge in [-0.15, -0.1) is 0 Å². The molecule has 45 heavy (non-hydrogen) atoms. The fraction of sp³-hybridized carbons (Fsp3) is 0.606. The number of hydrogen-bond donors (Lipinski definition) is 2. The van der Waals surface area contributed by atoms with Crippen LogP contribution in [0.5, 0.6) is 0 Å². The van der Waals surface area contributed by atoms with E-state index in [0.717, 1.165) is 76.9 Å². The van der Waals surface area contributed by atoms with Gasteiger partial charge in [-0.25, -0.2) is 19.6 Å². The second kappa shape index (κ2) is 12.0. The number of nitrogens with one attached hydrogen (secondary N) is 1. The molecular weight excluding hydrogens is 572 g/mol. The van der Waals surface area contributed by atoms with Gasteiger partial charge in [0.1, 0.15) is 11.4 Å². The van der Waals surface area contributed by atoms with E-state index < -0.39 is 11.5 Å². The van der Waals surface area contributed by atoms with Gasteiger partial charge in [0.05, 0.1) is 12.2 Å². The molecule has 12 heteroatoms. The van der Waals surface area contributed by atoms with Crippen molar-refractivity contribution in [2.45, 2.75) is 76.9 Å². The first-order valence-corrected chi connectivity index (χ1v) is 16.2. The Morgan fingerprint density at radius 3 is 2.38 bits per heavy atom. The first-order chi connectivity index (χ1) is 21.4. The average Bonchev–Trinajstić information content (AvgIpc) is 3.33. The van der Waals surface area contributed by atoms with Crippen LogP contribution in [0.15, 0.2) is 30.5 Å². The molecule has 1 aromatic carbocycles. The van der Waals surface area contributed by atoms with E-state index in [4.69, 9.17) is 15.5 Å². The molecule has 1 atom stereocenters. The van der Waals surface area contributed by atoms with Crippen molar-refractivity contribution >= 4 is 35.4 Å². The molecule has 1 spiro atoms. The number of likely N-dealkylation sites (tertiary alicyclic amines) is 1. The summed E-state index contributed by atoms with van der Waals surface area (Å²) in [5, 5.41) is 3.28. The summed E-state index contributed by atoms with van der Waals surface area (Å²) < 4.78 is 5.54. The van der Waals surface area contributed by atoms with Crippen LogP contribution in [0.3, 0.4) is 0 Å². The topological polar surface area (TPSA) is 137 Å². The third-order valence-electron chi connectivity index (χ3n) is 9.80. The van der Waals surface area contributed by atoms with Crippen molar-refractivity contribution < 1.29 is 19.1 Å². The Morgan fingerprint density at radius 1 is 1.04 bits per heavy atom. The maximum absolute atomic E-state index is 12.6. The van der Waals surface area contributed by atoms with Gasteiger partial charge in [0.15, 0.2) is 11.5 Å². The van der Waals surface area contributed by atoms with Gasteiger partial charge in [0.2, 0.25) is 0 Å². The van der Waals surface area contributed by atoms with Gasteiger partial charge in [-0.3, -0.25) is 4.79 Å². The molecule has 12 nitrogen and oxygen atoms in total. The molecule has 0 radical (unpaired) electrons. The number of hydrogen-bond acceptors (Lipinski definition) is 8. The maximum Gasteiger partial charge on any atom is 0.410 e. The average molecular weight is 619 g/mol. The summed E-state index contributed by atoms with van der Waals surface area (Å²) in [6.45, 7) is 10.2. The maximum atomic E-state index is 12.6. The molecule has 4 heterocycles. The molecule has 3 N–H and O–H groups in total. The Labute approximate surface area is 265 Å². The van der Waals surface area contributed by atoms with Crippen molar-refractivity contribution in [3.05, 3.63) is 41.7 Å². The van der Waals surface area contributed by atoms with Gasteiger partial charge in [-0.2, -0.15) is 0 Å². The predicted octanol–water partition coefficient (Wildman–Crippen LogP) is 4.55. The van der Waals surface area contributed by atoms with Gasteiger partial charge >= 0.3 is 12.1 Å². The molecule has 242 valence electrons. The van der Waals surface area contributed by atoms with Crippen LogP contribution in [-0.2, 0) is 4.74 Å². The summed E-state index contributed by atoms with van der Waals surface area (Å²) in [5.41, 5.74) is 7.59. The van der Waals surface area contributed by atoms with E-state index in [1.165, 1.54) is 5.56 Å². The molecule has 4 aliphatic rings. The minimum Gasteiger partial charge on any atom is -0.444 e. The van der Waals surface area contributed by atoms with Crippen LogP contribution in [0.1, 0.15) is 81.3 Å². The molecule has 3 aliphatic heterocycles. The molecule has 4 amide bonds. The third-order valence-corrected chi connectivity index (χ3v) is 9.80. The Kier molecular flexibility index (Phi) is 8.26. The lowest BCUT2D eigenvalue weighted by Gasteiger charge is -2.53. The zero-order chi connectivity index (χ0) is 31.9. The summed E-state index contributed by atoms with van der Waals surface area (Å²) in [6, 6.07) is 8.49. The molecule has 1 aliphatic carbocycles. The lowest BCUT2D eigenvalue weighted by Crippen LogP contribution is -2.60. The minimum absolute atomic E-state index is 0.0726. The number of piperidine rings is 1. The van der Waals surface area contributed by atoms with Crippen molar-refractivity contribution in [2.75, 3.05) is 56.5 Å². The van der Waals surface area contributed by atoms with E-state index in [-0.39, 0.29) is 29.3 Å². The molecule has 3 saturated heterocycles. The number of rotatable bonds is 6. The molecule has 4 fully saturated rings. The standard InChI is InChI=1S/C33H46N8O4/c1-32(2,3)45-31(44)40-20-33(21-40)13-11-23(12-14-33)22-7-9-24(10-8-22)36-29-27(28(34)42)35-18-26(37-29)39-15-5-6-25(19-39)41-17-16-38(4)30(41)43/h7-10,18,23,25H,5-6,11-17,19-21H2,1-4H3,(H2,34,42)(H,36,37)/t25-/m1/s1. The number of benzene rings is 1.